The summed E-state index contributed by atoms with van der Waals surface area (Å²) >= 11 is 6.54. The monoisotopic (exact) mass is 526 g/mol. The summed E-state index contributed by atoms with van der Waals surface area (Å²) in [4.78, 5) is 18.7. The van der Waals surface area contributed by atoms with Gasteiger partial charge in [-0.2, -0.15) is 0 Å². The number of benzene rings is 2. The van der Waals surface area contributed by atoms with Crippen LogP contribution in [0.25, 0.3) is 10.9 Å². The number of hydrogen-bond donors (Lipinski definition) is 1. The summed E-state index contributed by atoms with van der Waals surface area (Å²) in [5, 5.41) is 11.3. The first kappa shape index (κ1) is 27.3. The van der Waals surface area contributed by atoms with Gasteiger partial charge in [-0.25, -0.2) is 4.39 Å². The lowest BCUT2D eigenvalue weighted by atomic mass is 9.72. The first-order valence-electron chi connectivity index (χ1n) is 13.2. The van der Waals surface area contributed by atoms with E-state index in [1.807, 2.05) is 30.3 Å². The Labute approximate surface area is 223 Å². The molecule has 1 fully saturated rings. The van der Waals surface area contributed by atoms with Crippen LogP contribution in [-0.4, -0.2) is 47.7 Å². The molecular formula is C30H36ClFN2O3. The molecule has 0 saturated carbocycles. The largest absolute Gasteiger partial charge is 0.497 e. The molecule has 2 heterocycles. The quantitative estimate of drug-likeness (QED) is 0.259. The molecule has 1 N–H and O–H groups in total. The van der Waals surface area contributed by atoms with E-state index in [4.69, 9.17) is 16.3 Å². The smallest absolute Gasteiger partial charge is 0.303 e. The Morgan fingerprint density at radius 2 is 1.86 bits per heavy atom. The maximum atomic E-state index is 13.1. The van der Waals surface area contributed by atoms with E-state index in [9.17, 15) is 14.3 Å². The predicted octanol–water partition coefficient (Wildman–Crippen LogP) is 6.94. The Bertz CT molecular complexity index is 1190. The highest BCUT2D eigenvalue weighted by Gasteiger charge is 2.36. The number of ether oxygens (including phenoxy) is 1. The zero-order chi connectivity index (χ0) is 26.3. The summed E-state index contributed by atoms with van der Waals surface area (Å²) in [5.74, 6) is -0.144. The lowest BCUT2D eigenvalue weighted by Gasteiger charge is -2.41. The number of pyridine rings is 1. The minimum atomic E-state index is -0.718. The minimum absolute atomic E-state index is 0.177. The number of carbonyl (C=O) groups is 1. The van der Waals surface area contributed by atoms with E-state index >= 15 is 0 Å². The molecular weight excluding hydrogens is 491 g/mol. The molecule has 0 atom stereocenters. The second kappa shape index (κ2) is 12.7. The number of unbranched alkanes of at least 4 members (excludes halogenated alkanes) is 1. The third-order valence-electron chi connectivity index (χ3n) is 7.81. The van der Waals surface area contributed by atoms with Crippen molar-refractivity contribution in [2.75, 3.05) is 26.7 Å². The molecule has 7 heteroatoms. The molecule has 4 rings (SSSR count). The number of halogens is 2. The molecule has 0 spiro atoms. The van der Waals surface area contributed by atoms with Crippen LogP contribution in [0.1, 0.15) is 56.1 Å². The van der Waals surface area contributed by atoms with Crippen molar-refractivity contribution < 1.29 is 19.0 Å². The molecule has 1 aliphatic heterocycles. The van der Waals surface area contributed by atoms with Crippen molar-refractivity contribution in [2.24, 2.45) is 5.41 Å². The Kier molecular flexibility index (Phi) is 9.38. The molecule has 198 valence electrons. The van der Waals surface area contributed by atoms with Gasteiger partial charge in [-0.1, -0.05) is 23.7 Å². The molecule has 0 unspecified atom stereocenters. The highest BCUT2D eigenvalue weighted by molar-refractivity contribution is 6.32. The van der Waals surface area contributed by atoms with E-state index in [1.165, 1.54) is 17.7 Å². The van der Waals surface area contributed by atoms with Crippen LogP contribution in [0.3, 0.4) is 0 Å². The molecule has 5 nitrogen and oxygen atoms in total. The fourth-order valence-electron chi connectivity index (χ4n) is 5.63. The van der Waals surface area contributed by atoms with Crippen LogP contribution in [0.4, 0.5) is 4.39 Å². The van der Waals surface area contributed by atoms with Crippen LogP contribution in [0, 0.1) is 11.2 Å². The molecule has 0 bridgehead atoms. The highest BCUT2D eigenvalue weighted by atomic mass is 35.5. The summed E-state index contributed by atoms with van der Waals surface area (Å²) in [6, 6.07) is 12.6. The van der Waals surface area contributed by atoms with E-state index in [1.54, 1.807) is 13.3 Å². The zero-order valence-electron chi connectivity index (χ0n) is 21.5. The Morgan fingerprint density at radius 1 is 1.11 bits per heavy atom. The maximum Gasteiger partial charge on any atom is 0.303 e. The second-order valence-electron chi connectivity index (χ2n) is 10.3. The van der Waals surface area contributed by atoms with Gasteiger partial charge in [-0.3, -0.25) is 9.78 Å². The van der Waals surface area contributed by atoms with Gasteiger partial charge in [0.05, 0.1) is 24.1 Å². The predicted molar refractivity (Wildman–Crippen MR) is 146 cm³/mol. The molecule has 0 amide bonds. The minimum Gasteiger partial charge on any atom is -0.497 e. The summed E-state index contributed by atoms with van der Waals surface area (Å²) in [6.07, 6.45) is 9.33. The summed E-state index contributed by atoms with van der Waals surface area (Å²) in [7, 11) is 1.65. The molecule has 1 aliphatic rings. The zero-order valence-corrected chi connectivity index (χ0v) is 22.3. The number of hydrogen-bond acceptors (Lipinski definition) is 4. The number of carboxylic acid groups (broad SMARTS) is 1. The van der Waals surface area contributed by atoms with Crippen molar-refractivity contribution in [3.8, 4) is 5.75 Å². The molecule has 0 aliphatic carbocycles. The third-order valence-corrected chi connectivity index (χ3v) is 8.14. The molecule has 3 aromatic rings. The van der Waals surface area contributed by atoms with Crippen molar-refractivity contribution in [2.45, 2.75) is 57.8 Å². The number of nitrogens with zero attached hydrogens (tertiary/aromatic N) is 2. The van der Waals surface area contributed by atoms with Gasteiger partial charge in [0.25, 0.3) is 0 Å². The number of piperidine rings is 1. The van der Waals surface area contributed by atoms with Gasteiger partial charge in [0.1, 0.15) is 11.6 Å². The molecule has 1 aromatic heterocycles. The van der Waals surface area contributed by atoms with Crippen molar-refractivity contribution in [1.29, 1.82) is 0 Å². The first-order valence-corrected chi connectivity index (χ1v) is 13.5. The normalized spacial score (nSPS) is 15.6. The molecule has 0 radical (unpaired) electrons. The number of aliphatic carboxylic acids is 1. The van der Waals surface area contributed by atoms with Gasteiger partial charge in [0.2, 0.25) is 0 Å². The Morgan fingerprint density at radius 3 is 2.57 bits per heavy atom. The lowest BCUT2D eigenvalue weighted by Crippen LogP contribution is -2.41. The standard InChI is InChI=1S/C30H36ClFN2O3/c1-37-24-11-12-28-26(19-24)25(27(31)21-33-28)6-4-13-30(20-29(35)36)14-17-34(18-15-30)16-3-2-5-22-7-9-23(32)10-8-22/h7-12,19,21H,2-6,13-18,20H2,1H3,(H,35,36). The van der Waals surface area contributed by atoms with E-state index in [-0.39, 0.29) is 17.7 Å². The van der Waals surface area contributed by atoms with Gasteiger partial charge >= 0.3 is 5.97 Å². The lowest BCUT2D eigenvalue weighted by molar-refractivity contribution is -0.140. The summed E-state index contributed by atoms with van der Waals surface area (Å²) in [5.41, 5.74) is 2.92. The average molecular weight is 527 g/mol. The van der Waals surface area contributed by atoms with Gasteiger partial charge in [0.15, 0.2) is 0 Å². The van der Waals surface area contributed by atoms with Crippen LogP contribution in [0.15, 0.2) is 48.7 Å². The first-order chi connectivity index (χ1) is 17.9. The molecule has 2 aromatic carbocycles. The highest BCUT2D eigenvalue weighted by Crippen LogP contribution is 2.40. The fraction of sp³-hybridized carbons (Fsp3) is 0.467. The van der Waals surface area contributed by atoms with Crippen LogP contribution < -0.4 is 4.74 Å². The number of aryl methyl sites for hydroxylation is 2. The van der Waals surface area contributed by atoms with E-state index in [0.29, 0.717) is 5.02 Å². The van der Waals surface area contributed by atoms with E-state index in [2.05, 4.69) is 9.88 Å². The number of fused-ring (bicyclic) bond motifs is 1. The summed E-state index contributed by atoms with van der Waals surface area (Å²) < 4.78 is 18.5. The number of likely N-dealkylation sites (tertiary alicyclic amines) is 1. The topological polar surface area (TPSA) is 62.7 Å². The van der Waals surface area contributed by atoms with Gasteiger partial charge in [-0.05, 0) is 118 Å². The SMILES string of the molecule is COc1ccc2ncc(Cl)c(CCCC3(CC(=O)O)CCN(CCCCc4ccc(F)cc4)CC3)c2c1. The number of aromatic nitrogens is 1. The number of rotatable bonds is 12. The van der Waals surface area contributed by atoms with Crippen molar-refractivity contribution in [1.82, 2.24) is 9.88 Å². The average Bonchev–Trinajstić information content (AvgIpc) is 2.89. The number of carboxylic acids is 1. The molecule has 1 saturated heterocycles. The van der Waals surface area contributed by atoms with Crippen LogP contribution in [0.5, 0.6) is 5.75 Å². The van der Waals surface area contributed by atoms with Crippen LogP contribution in [-0.2, 0) is 17.6 Å². The van der Waals surface area contributed by atoms with E-state index < -0.39 is 5.97 Å². The van der Waals surface area contributed by atoms with Crippen LogP contribution in [0.2, 0.25) is 5.02 Å². The molecule has 37 heavy (non-hydrogen) atoms. The van der Waals surface area contributed by atoms with Gasteiger partial charge in [-0.15, -0.1) is 0 Å². The van der Waals surface area contributed by atoms with Crippen LogP contribution >= 0.6 is 11.6 Å². The Hall–Kier alpha value is -2.70. The van der Waals surface area contributed by atoms with E-state index in [0.717, 1.165) is 93.2 Å². The van der Waals surface area contributed by atoms with Gasteiger partial charge < -0.3 is 14.7 Å². The third kappa shape index (κ3) is 7.42. The second-order valence-corrected chi connectivity index (χ2v) is 10.7. The van der Waals surface area contributed by atoms with Gasteiger partial charge in [0, 0.05) is 11.6 Å². The maximum absolute atomic E-state index is 13.1. The van der Waals surface area contributed by atoms with Crippen molar-refractivity contribution in [3.63, 3.8) is 0 Å². The summed E-state index contributed by atoms with van der Waals surface area (Å²) in [6.45, 7) is 2.88. The Balaban J connectivity index is 1.30. The van der Waals surface area contributed by atoms with Crippen molar-refractivity contribution in [3.05, 3.63) is 70.6 Å². The number of methoxy groups -OCH3 is 1. The fourth-order valence-corrected chi connectivity index (χ4v) is 5.87. The van der Waals surface area contributed by atoms with Crippen molar-refractivity contribution >= 4 is 28.5 Å².